The van der Waals surface area contributed by atoms with Crippen LogP contribution in [0.25, 0.3) is 11.1 Å². The third-order valence-corrected chi connectivity index (χ3v) is 6.00. The van der Waals surface area contributed by atoms with Gasteiger partial charge in [-0.1, -0.05) is 57.4 Å². The van der Waals surface area contributed by atoms with Gasteiger partial charge in [0.25, 0.3) is 0 Å². The van der Waals surface area contributed by atoms with E-state index in [-0.39, 0.29) is 17.8 Å². The zero-order chi connectivity index (χ0) is 22.2. The first kappa shape index (κ1) is 23.8. The Morgan fingerprint density at radius 3 is 2.42 bits per heavy atom. The molecule has 0 saturated carbocycles. The molecule has 0 aromatic heterocycles. The highest BCUT2D eigenvalue weighted by molar-refractivity contribution is 5.65. The van der Waals surface area contributed by atoms with Crippen molar-refractivity contribution in [3.63, 3.8) is 0 Å². The molecule has 5 heteroatoms. The van der Waals surface area contributed by atoms with Crippen molar-refractivity contribution in [2.45, 2.75) is 77.4 Å². The highest BCUT2D eigenvalue weighted by Gasteiger charge is 2.26. The van der Waals surface area contributed by atoms with Crippen LogP contribution in [-0.2, 0) is 15.9 Å². The SMILES string of the molecule is CCCCCOC1CCC(c2ccc(-c3ccc(CCCC)c(F)c3F)cc2F)CO1. The normalized spacial score (nSPS) is 19.0. The highest BCUT2D eigenvalue weighted by atomic mass is 19.2. The van der Waals surface area contributed by atoms with Gasteiger partial charge in [-0.3, -0.25) is 0 Å². The first-order valence-corrected chi connectivity index (χ1v) is 11.5. The van der Waals surface area contributed by atoms with Crippen molar-refractivity contribution >= 4 is 0 Å². The fourth-order valence-electron chi connectivity index (χ4n) is 4.07. The molecule has 0 bridgehead atoms. The lowest BCUT2D eigenvalue weighted by molar-refractivity contribution is -0.167. The van der Waals surface area contributed by atoms with Gasteiger partial charge in [0, 0.05) is 18.1 Å². The Balaban J connectivity index is 1.65. The van der Waals surface area contributed by atoms with Crippen LogP contribution in [0, 0.1) is 17.5 Å². The number of rotatable bonds is 10. The monoisotopic (exact) mass is 434 g/mol. The first-order valence-electron chi connectivity index (χ1n) is 11.5. The van der Waals surface area contributed by atoms with E-state index in [9.17, 15) is 13.2 Å². The van der Waals surface area contributed by atoms with Crippen LogP contribution >= 0.6 is 0 Å². The Bertz CT molecular complexity index is 845. The molecular formula is C26H33F3O2. The zero-order valence-corrected chi connectivity index (χ0v) is 18.6. The molecule has 1 aliphatic rings. The molecule has 1 saturated heterocycles. The molecule has 2 nitrogen and oxygen atoms in total. The summed E-state index contributed by atoms with van der Waals surface area (Å²) < 4.78 is 55.4. The van der Waals surface area contributed by atoms with Gasteiger partial charge >= 0.3 is 0 Å². The van der Waals surface area contributed by atoms with E-state index in [0.29, 0.717) is 36.3 Å². The summed E-state index contributed by atoms with van der Waals surface area (Å²) in [4.78, 5) is 0. The molecule has 3 rings (SSSR count). The van der Waals surface area contributed by atoms with Crippen LogP contribution in [0.15, 0.2) is 30.3 Å². The Morgan fingerprint density at radius 2 is 1.74 bits per heavy atom. The number of hydrogen-bond acceptors (Lipinski definition) is 2. The van der Waals surface area contributed by atoms with Crippen molar-refractivity contribution in [2.75, 3.05) is 13.2 Å². The molecule has 2 aromatic rings. The molecular weight excluding hydrogens is 401 g/mol. The third-order valence-electron chi connectivity index (χ3n) is 6.00. The quantitative estimate of drug-likeness (QED) is 0.360. The van der Waals surface area contributed by atoms with E-state index >= 15 is 0 Å². The van der Waals surface area contributed by atoms with Crippen molar-refractivity contribution in [2.24, 2.45) is 0 Å². The summed E-state index contributed by atoms with van der Waals surface area (Å²) in [6, 6.07) is 7.78. The summed E-state index contributed by atoms with van der Waals surface area (Å²) in [7, 11) is 0. The number of halogens is 3. The molecule has 31 heavy (non-hydrogen) atoms. The Kier molecular flexibility index (Phi) is 8.97. The molecule has 1 fully saturated rings. The Hall–Kier alpha value is -1.85. The minimum atomic E-state index is -0.912. The van der Waals surface area contributed by atoms with Crippen LogP contribution in [0.3, 0.4) is 0 Å². The predicted molar refractivity (Wildman–Crippen MR) is 118 cm³/mol. The first-order chi connectivity index (χ1) is 15.0. The lowest BCUT2D eigenvalue weighted by atomic mass is 9.90. The number of ether oxygens (including phenoxy) is 2. The lowest BCUT2D eigenvalue weighted by Gasteiger charge is -2.29. The number of benzene rings is 2. The molecule has 0 amide bonds. The third kappa shape index (κ3) is 6.11. The fourth-order valence-corrected chi connectivity index (χ4v) is 4.07. The number of unbranched alkanes of at least 4 members (excludes halogenated alkanes) is 3. The highest BCUT2D eigenvalue weighted by Crippen LogP contribution is 2.34. The van der Waals surface area contributed by atoms with E-state index in [1.54, 1.807) is 24.3 Å². The summed E-state index contributed by atoms with van der Waals surface area (Å²) in [6.07, 6.45) is 6.77. The van der Waals surface area contributed by atoms with Crippen molar-refractivity contribution in [1.29, 1.82) is 0 Å². The van der Waals surface area contributed by atoms with E-state index < -0.39 is 17.5 Å². The van der Waals surface area contributed by atoms with E-state index in [2.05, 4.69) is 6.92 Å². The molecule has 170 valence electrons. The number of hydrogen-bond donors (Lipinski definition) is 0. The average molecular weight is 435 g/mol. The second kappa shape index (κ2) is 11.7. The van der Waals surface area contributed by atoms with Crippen LogP contribution in [-0.4, -0.2) is 19.5 Å². The van der Waals surface area contributed by atoms with E-state index in [1.165, 1.54) is 6.07 Å². The Labute approximate surface area is 183 Å². The van der Waals surface area contributed by atoms with Crippen molar-refractivity contribution < 1.29 is 22.6 Å². The molecule has 2 unspecified atom stereocenters. The van der Waals surface area contributed by atoms with Gasteiger partial charge in [0.2, 0.25) is 0 Å². The zero-order valence-electron chi connectivity index (χ0n) is 18.6. The fraction of sp³-hybridized carbons (Fsp3) is 0.538. The molecule has 0 aliphatic carbocycles. The average Bonchev–Trinajstić information content (AvgIpc) is 2.78. The predicted octanol–water partition coefficient (Wildman–Crippen LogP) is 7.54. The molecule has 0 radical (unpaired) electrons. The van der Waals surface area contributed by atoms with Crippen molar-refractivity contribution in [1.82, 2.24) is 0 Å². The topological polar surface area (TPSA) is 18.5 Å². The van der Waals surface area contributed by atoms with Gasteiger partial charge in [-0.05, 0) is 54.9 Å². The maximum absolute atomic E-state index is 14.9. The minimum Gasteiger partial charge on any atom is -0.353 e. The summed E-state index contributed by atoms with van der Waals surface area (Å²) in [5, 5.41) is 0. The van der Waals surface area contributed by atoms with Gasteiger partial charge in [0.05, 0.1) is 6.61 Å². The largest absolute Gasteiger partial charge is 0.353 e. The molecule has 2 aromatic carbocycles. The van der Waals surface area contributed by atoms with Gasteiger partial charge < -0.3 is 9.47 Å². The standard InChI is InChI=1S/C26H33F3O2/c1-3-5-7-15-30-24-14-11-20(17-31-24)21-12-10-19(16-23(21)27)22-13-9-18(8-6-4-2)25(28)26(22)29/h9-10,12-13,16,20,24H,3-8,11,14-15,17H2,1-2H3. The molecule has 1 heterocycles. The van der Waals surface area contributed by atoms with Crippen molar-refractivity contribution in [3.8, 4) is 11.1 Å². The van der Waals surface area contributed by atoms with Gasteiger partial charge in [0.1, 0.15) is 5.82 Å². The molecule has 0 spiro atoms. The van der Waals surface area contributed by atoms with Crippen LogP contribution < -0.4 is 0 Å². The van der Waals surface area contributed by atoms with Gasteiger partial charge in [-0.15, -0.1) is 0 Å². The van der Waals surface area contributed by atoms with E-state index in [1.807, 2.05) is 6.92 Å². The second-order valence-electron chi connectivity index (χ2n) is 8.36. The lowest BCUT2D eigenvalue weighted by Crippen LogP contribution is -2.27. The Morgan fingerprint density at radius 1 is 0.935 bits per heavy atom. The second-order valence-corrected chi connectivity index (χ2v) is 8.36. The minimum absolute atomic E-state index is 0.0671. The molecule has 0 N–H and O–H groups in total. The van der Waals surface area contributed by atoms with Crippen molar-refractivity contribution in [3.05, 3.63) is 58.9 Å². The van der Waals surface area contributed by atoms with Crippen LogP contribution in [0.4, 0.5) is 13.2 Å². The van der Waals surface area contributed by atoms with E-state index in [0.717, 1.165) is 44.9 Å². The van der Waals surface area contributed by atoms with Crippen LogP contribution in [0.2, 0.25) is 0 Å². The summed E-state index contributed by atoms with van der Waals surface area (Å²) in [5.41, 5.74) is 1.34. The number of aryl methyl sites for hydroxylation is 1. The van der Waals surface area contributed by atoms with Crippen LogP contribution in [0.1, 0.15) is 75.8 Å². The molecule has 2 atom stereocenters. The van der Waals surface area contributed by atoms with Gasteiger partial charge in [0.15, 0.2) is 17.9 Å². The van der Waals surface area contributed by atoms with Gasteiger partial charge in [-0.2, -0.15) is 0 Å². The maximum atomic E-state index is 14.9. The van der Waals surface area contributed by atoms with Gasteiger partial charge in [-0.25, -0.2) is 13.2 Å². The summed E-state index contributed by atoms with van der Waals surface area (Å²) in [6.45, 7) is 5.23. The maximum Gasteiger partial charge on any atom is 0.166 e. The smallest absolute Gasteiger partial charge is 0.166 e. The summed E-state index contributed by atoms with van der Waals surface area (Å²) >= 11 is 0. The molecule has 1 aliphatic heterocycles. The summed E-state index contributed by atoms with van der Waals surface area (Å²) in [5.74, 6) is -2.23. The van der Waals surface area contributed by atoms with Crippen LogP contribution in [0.5, 0.6) is 0 Å². The van der Waals surface area contributed by atoms with E-state index in [4.69, 9.17) is 9.47 Å².